The van der Waals surface area contributed by atoms with Crippen LogP contribution in [0.25, 0.3) is 0 Å². The molecule has 2 atom stereocenters. The smallest absolute Gasteiger partial charge is 0.341 e. The number of esters is 1. The van der Waals surface area contributed by atoms with Crippen molar-refractivity contribution in [3.05, 3.63) is 41.6 Å². The molecule has 3 rings (SSSR count). The van der Waals surface area contributed by atoms with Crippen molar-refractivity contribution in [1.82, 2.24) is 15.1 Å². The fourth-order valence-electron chi connectivity index (χ4n) is 3.32. The first-order valence-corrected chi connectivity index (χ1v) is 8.09. The Morgan fingerprint density at radius 1 is 1.48 bits per heavy atom. The van der Waals surface area contributed by atoms with Gasteiger partial charge in [0.25, 0.3) is 0 Å². The molecule has 0 bridgehead atoms. The van der Waals surface area contributed by atoms with E-state index in [-0.39, 0.29) is 5.97 Å². The second-order valence-corrected chi connectivity index (χ2v) is 6.00. The maximum atomic E-state index is 11.6. The van der Waals surface area contributed by atoms with Crippen LogP contribution in [0, 0.1) is 6.92 Å². The summed E-state index contributed by atoms with van der Waals surface area (Å²) in [6.45, 7) is 2.38. The molecular formula is C17H23N3O3. The van der Waals surface area contributed by atoms with Crippen molar-refractivity contribution in [2.24, 2.45) is 0 Å². The highest BCUT2D eigenvalue weighted by atomic mass is 16.5. The summed E-state index contributed by atoms with van der Waals surface area (Å²) in [4.78, 5) is 11.6. The number of hydrogen-bond donors (Lipinski definition) is 1. The lowest BCUT2D eigenvalue weighted by molar-refractivity contribution is 0.0599. The van der Waals surface area contributed by atoms with Crippen molar-refractivity contribution < 1.29 is 13.9 Å². The summed E-state index contributed by atoms with van der Waals surface area (Å²) in [7, 11) is 1.38. The van der Waals surface area contributed by atoms with E-state index in [1.807, 2.05) is 23.1 Å². The molecule has 1 aliphatic carbocycles. The number of carbonyl (C=O) groups is 1. The maximum Gasteiger partial charge on any atom is 0.341 e. The van der Waals surface area contributed by atoms with E-state index < -0.39 is 0 Å². The molecule has 1 N–H and O–H groups in total. The van der Waals surface area contributed by atoms with E-state index in [0.717, 1.165) is 18.6 Å². The zero-order valence-electron chi connectivity index (χ0n) is 13.6. The predicted molar refractivity (Wildman–Crippen MR) is 85.1 cm³/mol. The highest BCUT2D eigenvalue weighted by Crippen LogP contribution is 2.28. The number of rotatable bonds is 5. The summed E-state index contributed by atoms with van der Waals surface area (Å²) in [6.07, 6.45) is 8.55. The van der Waals surface area contributed by atoms with Gasteiger partial charge in [-0.05, 0) is 31.9 Å². The first-order chi connectivity index (χ1) is 11.2. The van der Waals surface area contributed by atoms with Gasteiger partial charge >= 0.3 is 5.97 Å². The van der Waals surface area contributed by atoms with E-state index >= 15 is 0 Å². The van der Waals surface area contributed by atoms with Crippen molar-refractivity contribution in [2.45, 2.75) is 51.2 Å². The number of aryl methyl sites for hydroxylation is 1. The lowest BCUT2D eigenvalue weighted by Gasteiger charge is -2.32. The van der Waals surface area contributed by atoms with Crippen LogP contribution in [0.1, 0.15) is 53.6 Å². The van der Waals surface area contributed by atoms with E-state index in [4.69, 9.17) is 9.15 Å². The molecule has 0 amide bonds. The normalized spacial score (nSPS) is 21.3. The molecule has 2 heterocycles. The summed E-state index contributed by atoms with van der Waals surface area (Å²) in [5.41, 5.74) is 0.497. The number of nitrogens with zero attached hydrogens (tertiary/aromatic N) is 2. The van der Waals surface area contributed by atoms with Gasteiger partial charge in [0.05, 0.1) is 19.7 Å². The van der Waals surface area contributed by atoms with Gasteiger partial charge in [-0.25, -0.2) is 4.79 Å². The van der Waals surface area contributed by atoms with Gasteiger partial charge < -0.3 is 14.5 Å². The fraction of sp³-hybridized carbons (Fsp3) is 0.529. The van der Waals surface area contributed by atoms with Crippen molar-refractivity contribution in [2.75, 3.05) is 7.11 Å². The lowest BCUT2D eigenvalue weighted by Crippen LogP contribution is -2.39. The SMILES string of the molecule is COC(=O)c1cc(CN[C@@H]2CCCC[C@@H]2n2cccn2)oc1C. The van der Waals surface area contributed by atoms with Crippen molar-refractivity contribution >= 4 is 5.97 Å². The fourth-order valence-corrected chi connectivity index (χ4v) is 3.32. The largest absolute Gasteiger partial charge is 0.465 e. The Morgan fingerprint density at radius 2 is 2.30 bits per heavy atom. The number of nitrogens with one attached hydrogen (secondary N) is 1. The van der Waals surface area contributed by atoms with Gasteiger partial charge in [-0.15, -0.1) is 0 Å². The number of aromatic nitrogens is 2. The second-order valence-electron chi connectivity index (χ2n) is 6.00. The van der Waals surface area contributed by atoms with Crippen LogP contribution in [0.2, 0.25) is 0 Å². The van der Waals surface area contributed by atoms with Gasteiger partial charge in [0.1, 0.15) is 17.1 Å². The van der Waals surface area contributed by atoms with Crippen molar-refractivity contribution in [3.8, 4) is 0 Å². The molecule has 0 unspecified atom stereocenters. The first kappa shape index (κ1) is 15.8. The predicted octanol–water partition coefficient (Wildman–Crippen LogP) is 2.84. The van der Waals surface area contributed by atoms with E-state index in [0.29, 0.717) is 30.0 Å². The molecule has 6 nitrogen and oxygen atoms in total. The summed E-state index contributed by atoms with van der Waals surface area (Å²) >= 11 is 0. The number of carbonyl (C=O) groups excluding carboxylic acids is 1. The Labute approximate surface area is 135 Å². The van der Waals surface area contributed by atoms with Gasteiger partial charge in [-0.2, -0.15) is 5.10 Å². The minimum Gasteiger partial charge on any atom is -0.465 e. The number of ether oxygens (including phenoxy) is 1. The molecule has 23 heavy (non-hydrogen) atoms. The summed E-state index contributed by atoms with van der Waals surface area (Å²) < 4.78 is 12.5. The minimum absolute atomic E-state index is 0.357. The van der Waals surface area contributed by atoms with Gasteiger partial charge in [0.15, 0.2) is 0 Å². The molecule has 1 aliphatic rings. The average molecular weight is 317 g/mol. The maximum absolute atomic E-state index is 11.6. The van der Waals surface area contributed by atoms with Gasteiger partial charge in [-0.1, -0.05) is 12.8 Å². The highest BCUT2D eigenvalue weighted by molar-refractivity contribution is 5.90. The van der Waals surface area contributed by atoms with E-state index in [2.05, 4.69) is 10.4 Å². The molecule has 2 aromatic heterocycles. The molecule has 1 saturated carbocycles. The van der Waals surface area contributed by atoms with Crippen LogP contribution in [0.3, 0.4) is 0 Å². The molecule has 0 saturated heterocycles. The van der Waals surface area contributed by atoms with E-state index in [1.54, 1.807) is 13.0 Å². The first-order valence-electron chi connectivity index (χ1n) is 8.09. The van der Waals surface area contributed by atoms with Crippen LogP contribution in [-0.2, 0) is 11.3 Å². The van der Waals surface area contributed by atoms with Crippen LogP contribution in [0.4, 0.5) is 0 Å². The second kappa shape index (κ2) is 7.00. The molecule has 2 aromatic rings. The third-order valence-corrected chi connectivity index (χ3v) is 4.51. The van der Waals surface area contributed by atoms with Crippen molar-refractivity contribution in [3.63, 3.8) is 0 Å². The highest BCUT2D eigenvalue weighted by Gasteiger charge is 2.27. The Hall–Kier alpha value is -2.08. The van der Waals surface area contributed by atoms with Gasteiger partial charge in [0.2, 0.25) is 0 Å². The number of methoxy groups -OCH3 is 1. The topological polar surface area (TPSA) is 69.3 Å². The van der Waals surface area contributed by atoms with E-state index in [1.165, 1.54) is 20.0 Å². The standard InChI is InChI=1S/C17H23N3O3/c1-12-14(17(21)22-2)10-13(23-12)11-18-15-6-3-4-7-16(15)20-9-5-8-19-20/h5,8-10,15-16,18H,3-4,6-7,11H2,1-2H3/t15-,16+/m1/s1. The lowest BCUT2D eigenvalue weighted by atomic mass is 9.90. The third kappa shape index (κ3) is 3.47. The monoisotopic (exact) mass is 317 g/mol. The summed E-state index contributed by atoms with van der Waals surface area (Å²) in [5.74, 6) is 0.998. The Bertz CT molecular complexity index is 648. The molecule has 1 fully saturated rings. The third-order valence-electron chi connectivity index (χ3n) is 4.51. The molecule has 0 radical (unpaired) electrons. The average Bonchev–Trinajstić information content (AvgIpc) is 3.22. The van der Waals surface area contributed by atoms with Crippen LogP contribution < -0.4 is 5.32 Å². The number of hydrogen-bond acceptors (Lipinski definition) is 5. The zero-order chi connectivity index (χ0) is 16.2. The molecule has 0 aliphatic heterocycles. The van der Waals surface area contributed by atoms with Gasteiger partial charge in [0, 0.05) is 18.4 Å². The number of furan rings is 1. The molecule has 124 valence electrons. The van der Waals surface area contributed by atoms with Gasteiger partial charge in [-0.3, -0.25) is 4.68 Å². The van der Waals surface area contributed by atoms with Crippen molar-refractivity contribution in [1.29, 1.82) is 0 Å². The quantitative estimate of drug-likeness (QED) is 0.859. The Morgan fingerprint density at radius 3 is 3.04 bits per heavy atom. The van der Waals surface area contributed by atoms with Crippen LogP contribution in [0.5, 0.6) is 0 Å². The molecule has 0 spiro atoms. The Kier molecular flexibility index (Phi) is 4.81. The Balaban J connectivity index is 1.66. The summed E-state index contributed by atoms with van der Waals surface area (Å²) in [5, 5.41) is 7.96. The minimum atomic E-state index is -0.357. The zero-order valence-corrected chi connectivity index (χ0v) is 13.6. The molecular weight excluding hydrogens is 294 g/mol. The van der Waals surface area contributed by atoms with Crippen LogP contribution in [0.15, 0.2) is 28.9 Å². The molecule has 6 heteroatoms. The molecule has 0 aromatic carbocycles. The summed E-state index contributed by atoms with van der Waals surface area (Å²) in [6, 6.07) is 4.45. The van der Waals surface area contributed by atoms with Crippen LogP contribution >= 0.6 is 0 Å². The van der Waals surface area contributed by atoms with Crippen LogP contribution in [-0.4, -0.2) is 28.9 Å². The van der Waals surface area contributed by atoms with E-state index in [9.17, 15) is 4.79 Å².